The van der Waals surface area contributed by atoms with Crippen LogP contribution in [-0.2, 0) is 6.42 Å². The van der Waals surface area contributed by atoms with E-state index in [2.05, 4.69) is 20.3 Å². The second-order valence-electron chi connectivity index (χ2n) is 3.55. The number of hydrogen-bond acceptors (Lipinski definition) is 5. The maximum Gasteiger partial charge on any atom is 0.277 e. The van der Waals surface area contributed by atoms with Gasteiger partial charge in [-0.1, -0.05) is 18.5 Å². The van der Waals surface area contributed by atoms with Gasteiger partial charge in [-0.15, -0.1) is 11.3 Å². The van der Waals surface area contributed by atoms with Crippen LogP contribution in [0.2, 0.25) is 5.15 Å². The van der Waals surface area contributed by atoms with Gasteiger partial charge in [0.1, 0.15) is 10.8 Å². The number of hydrogen-bond donors (Lipinski definition) is 1. The molecule has 1 N–H and O–H groups in total. The van der Waals surface area contributed by atoms with Crippen molar-refractivity contribution < 1.29 is 4.79 Å². The Morgan fingerprint density at radius 3 is 2.78 bits per heavy atom. The van der Waals surface area contributed by atoms with Crippen molar-refractivity contribution in [2.45, 2.75) is 20.3 Å². The van der Waals surface area contributed by atoms with Crippen LogP contribution in [-0.4, -0.2) is 20.9 Å². The molecule has 0 saturated carbocycles. The van der Waals surface area contributed by atoms with E-state index in [9.17, 15) is 4.79 Å². The number of aromatic nitrogens is 3. The first-order valence-electron chi connectivity index (χ1n) is 5.35. The van der Waals surface area contributed by atoms with Gasteiger partial charge >= 0.3 is 0 Å². The molecule has 5 nitrogen and oxygen atoms in total. The first kappa shape index (κ1) is 12.9. The number of halogens is 1. The van der Waals surface area contributed by atoms with Gasteiger partial charge in [0, 0.05) is 4.88 Å². The molecule has 7 heteroatoms. The molecule has 0 spiro atoms. The number of carbonyl (C=O) groups is 1. The number of carbonyl (C=O) groups excluding carboxylic acids is 1. The van der Waals surface area contributed by atoms with Crippen LogP contribution in [0.5, 0.6) is 0 Å². The highest BCUT2D eigenvalue weighted by atomic mass is 35.5. The molecule has 0 atom stereocenters. The molecule has 0 bridgehead atoms. The van der Waals surface area contributed by atoms with Crippen LogP contribution in [0.15, 0.2) is 12.4 Å². The fourth-order valence-corrected chi connectivity index (χ4v) is 2.40. The minimum absolute atomic E-state index is 0.213. The van der Waals surface area contributed by atoms with E-state index in [-0.39, 0.29) is 16.8 Å². The second kappa shape index (κ2) is 5.41. The number of nitrogens with one attached hydrogen (secondary N) is 1. The van der Waals surface area contributed by atoms with Gasteiger partial charge in [0.25, 0.3) is 5.91 Å². The summed E-state index contributed by atoms with van der Waals surface area (Å²) >= 11 is 7.05. The molecule has 1 amide bonds. The Labute approximate surface area is 113 Å². The molecule has 0 saturated heterocycles. The summed E-state index contributed by atoms with van der Waals surface area (Å²) in [6, 6.07) is 0. The van der Waals surface area contributed by atoms with Crippen molar-refractivity contribution in [3.63, 3.8) is 0 Å². The van der Waals surface area contributed by atoms with Crippen molar-refractivity contribution in [1.82, 2.24) is 15.0 Å². The zero-order chi connectivity index (χ0) is 13.1. The Morgan fingerprint density at radius 2 is 2.22 bits per heavy atom. The lowest BCUT2D eigenvalue weighted by atomic mass is 10.3. The molecule has 0 aliphatic rings. The predicted molar refractivity (Wildman–Crippen MR) is 71.2 cm³/mol. The molecule has 2 aromatic rings. The van der Waals surface area contributed by atoms with Crippen LogP contribution in [0.1, 0.15) is 28.0 Å². The molecule has 2 heterocycles. The van der Waals surface area contributed by atoms with E-state index in [0.29, 0.717) is 5.13 Å². The molecule has 0 unspecified atom stereocenters. The summed E-state index contributed by atoms with van der Waals surface area (Å²) in [6.45, 7) is 4.01. The first-order valence-corrected chi connectivity index (χ1v) is 6.54. The molecule has 0 aliphatic heterocycles. The van der Waals surface area contributed by atoms with E-state index in [1.807, 2.05) is 13.8 Å². The average Bonchev–Trinajstić information content (AvgIpc) is 2.70. The number of thiazole rings is 1. The molecular formula is C11H11ClN4OS. The monoisotopic (exact) mass is 282 g/mol. The number of anilines is 1. The lowest BCUT2D eigenvalue weighted by molar-refractivity contribution is 0.102. The van der Waals surface area contributed by atoms with Crippen molar-refractivity contribution in [3.8, 4) is 0 Å². The molecule has 2 aromatic heterocycles. The number of aryl methyl sites for hydroxylation is 2. The Hall–Kier alpha value is -1.53. The third-order valence-corrected chi connectivity index (χ3v) is 3.42. The van der Waals surface area contributed by atoms with Crippen molar-refractivity contribution >= 4 is 34.0 Å². The van der Waals surface area contributed by atoms with Gasteiger partial charge in [-0.05, 0) is 13.3 Å². The summed E-state index contributed by atoms with van der Waals surface area (Å²) in [5.74, 6) is -0.337. The van der Waals surface area contributed by atoms with Crippen LogP contribution in [0.25, 0.3) is 0 Å². The van der Waals surface area contributed by atoms with Crippen LogP contribution in [0.4, 0.5) is 5.13 Å². The Bertz CT molecular complexity index is 567. The highest BCUT2D eigenvalue weighted by molar-refractivity contribution is 7.15. The maximum absolute atomic E-state index is 11.8. The van der Waals surface area contributed by atoms with Gasteiger partial charge in [0.15, 0.2) is 5.13 Å². The molecule has 18 heavy (non-hydrogen) atoms. The van der Waals surface area contributed by atoms with Gasteiger partial charge in [0.2, 0.25) is 0 Å². The predicted octanol–water partition coefficient (Wildman–Crippen LogP) is 2.71. The first-order chi connectivity index (χ1) is 8.60. The summed E-state index contributed by atoms with van der Waals surface area (Å²) in [4.78, 5) is 25.0. The third-order valence-electron chi connectivity index (χ3n) is 2.30. The van der Waals surface area contributed by atoms with Crippen LogP contribution >= 0.6 is 22.9 Å². The Kier molecular flexibility index (Phi) is 3.88. The summed E-state index contributed by atoms with van der Waals surface area (Å²) in [5, 5.41) is 3.53. The minimum Gasteiger partial charge on any atom is -0.296 e. The van der Waals surface area contributed by atoms with Crippen molar-refractivity contribution in [1.29, 1.82) is 0 Å². The topological polar surface area (TPSA) is 67.8 Å². The van der Waals surface area contributed by atoms with E-state index >= 15 is 0 Å². The van der Waals surface area contributed by atoms with Gasteiger partial charge < -0.3 is 0 Å². The van der Waals surface area contributed by atoms with E-state index in [1.54, 1.807) is 0 Å². The third kappa shape index (κ3) is 2.83. The molecule has 0 aliphatic carbocycles. The lowest BCUT2D eigenvalue weighted by Gasteiger charge is -1.99. The smallest absolute Gasteiger partial charge is 0.277 e. The Morgan fingerprint density at radius 1 is 1.44 bits per heavy atom. The number of nitrogens with zero attached hydrogens (tertiary/aromatic N) is 3. The van der Waals surface area contributed by atoms with E-state index in [0.717, 1.165) is 17.0 Å². The standard InChI is InChI=1S/C11H11ClN4OS/c1-3-7-6(2)18-11(15-7)16-10(17)8-4-14-9(12)5-13-8/h4-5H,3H2,1-2H3,(H,15,16,17). The summed E-state index contributed by atoms with van der Waals surface area (Å²) in [7, 11) is 0. The van der Waals surface area contributed by atoms with Gasteiger partial charge in [-0.3, -0.25) is 10.1 Å². The largest absolute Gasteiger partial charge is 0.296 e. The van der Waals surface area contributed by atoms with E-state index in [1.165, 1.54) is 23.7 Å². The zero-order valence-corrected chi connectivity index (χ0v) is 11.5. The summed E-state index contributed by atoms with van der Waals surface area (Å²) in [5.41, 5.74) is 1.21. The molecular weight excluding hydrogens is 272 g/mol. The van der Waals surface area contributed by atoms with Gasteiger partial charge in [-0.2, -0.15) is 0 Å². The lowest BCUT2D eigenvalue weighted by Crippen LogP contribution is -2.13. The minimum atomic E-state index is -0.337. The van der Waals surface area contributed by atoms with Crippen LogP contribution in [0, 0.1) is 6.92 Å². The van der Waals surface area contributed by atoms with E-state index < -0.39 is 0 Å². The molecule has 0 aromatic carbocycles. The highest BCUT2D eigenvalue weighted by Gasteiger charge is 2.12. The average molecular weight is 283 g/mol. The second-order valence-corrected chi connectivity index (χ2v) is 5.14. The maximum atomic E-state index is 11.8. The van der Waals surface area contributed by atoms with Crippen molar-refractivity contribution in [3.05, 3.63) is 33.8 Å². The van der Waals surface area contributed by atoms with Gasteiger partial charge in [-0.25, -0.2) is 15.0 Å². The van der Waals surface area contributed by atoms with Gasteiger partial charge in [0.05, 0.1) is 18.1 Å². The summed E-state index contributed by atoms with van der Waals surface area (Å²) < 4.78 is 0. The van der Waals surface area contributed by atoms with E-state index in [4.69, 9.17) is 11.6 Å². The normalized spacial score (nSPS) is 10.4. The summed E-state index contributed by atoms with van der Waals surface area (Å²) in [6.07, 6.45) is 3.51. The molecule has 2 rings (SSSR count). The fourth-order valence-electron chi connectivity index (χ4n) is 1.40. The van der Waals surface area contributed by atoms with Crippen molar-refractivity contribution in [2.24, 2.45) is 0 Å². The zero-order valence-electron chi connectivity index (χ0n) is 9.90. The molecule has 0 fully saturated rings. The highest BCUT2D eigenvalue weighted by Crippen LogP contribution is 2.22. The van der Waals surface area contributed by atoms with Crippen molar-refractivity contribution in [2.75, 3.05) is 5.32 Å². The fraction of sp³-hybridized carbons (Fsp3) is 0.273. The number of rotatable bonds is 3. The Balaban J connectivity index is 2.13. The van der Waals surface area contributed by atoms with Crippen LogP contribution in [0.3, 0.4) is 0 Å². The number of amides is 1. The van der Waals surface area contributed by atoms with Crippen LogP contribution < -0.4 is 5.32 Å². The SMILES string of the molecule is CCc1nc(NC(=O)c2cnc(Cl)cn2)sc1C. The molecule has 94 valence electrons. The molecule has 0 radical (unpaired) electrons. The quantitative estimate of drug-likeness (QED) is 0.940.